The molecule has 0 fully saturated rings. The molecule has 0 radical (unpaired) electrons. The Morgan fingerprint density at radius 2 is 1.50 bits per heavy atom. The molecule has 0 saturated carbocycles. The van der Waals surface area contributed by atoms with Crippen molar-refractivity contribution in [3.63, 3.8) is 0 Å². The highest BCUT2D eigenvalue weighted by molar-refractivity contribution is 5.66. The van der Waals surface area contributed by atoms with Crippen molar-refractivity contribution >= 4 is 5.97 Å². The summed E-state index contributed by atoms with van der Waals surface area (Å²) in [6.45, 7) is 12.1. The lowest BCUT2D eigenvalue weighted by Gasteiger charge is -2.24. The Kier molecular flexibility index (Phi) is 5.06. The first-order valence-corrected chi connectivity index (χ1v) is 5.35. The summed E-state index contributed by atoms with van der Waals surface area (Å²) in [4.78, 5) is 10.8. The van der Waals surface area contributed by atoms with Gasteiger partial charge in [0.05, 0.1) is 6.10 Å². The van der Waals surface area contributed by atoms with Gasteiger partial charge in [0.1, 0.15) is 0 Å². The van der Waals surface area contributed by atoms with Crippen LogP contribution in [0.3, 0.4) is 0 Å². The minimum Gasteiger partial charge on any atom is -0.436 e. The van der Waals surface area contributed by atoms with Crippen molar-refractivity contribution in [3.8, 4) is 0 Å². The molecule has 5 heteroatoms. The van der Waals surface area contributed by atoms with Gasteiger partial charge in [0.15, 0.2) is 5.72 Å². The highest BCUT2D eigenvalue weighted by Gasteiger charge is 2.24. The zero-order valence-electron chi connectivity index (χ0n) is 11.2. The number of carbonyl (C=O) groups is 1. The molecule has 0 aromatic rings. The molecule has 0 rings (SSSR count). The van der Waals surface area contributed by atoms with E-state index in [0.29, 0.717) is 0 Å². The van der Waals surface area contributed by atoms with Crippen molar-refractivity contribution in [1.29, 1.82) is 0 Å². The Morgan fingerprint density at radius 3 is 1.88 bits per heavy atom. The first kappa shape index (κ1) is 15.0. The summed E-state index contributed by atoms with van der Waals surface area (Å²) in [5.74, 6) is -0.383. The number of esters is 1. The predicted molar refractivity (Wildman–Crippen MR) is 61.0 cm³/mol. The molecule has 0 aromatic carbocycles. The Hall–Kier alpha value is -0.970. The molecule has 94 valence electrons. The number of ether oxygens (including phenoxy) is 2. The second-order valence-corrected chi connectivity index (χ2v) is 4.85. The van der Waals surface area contributed by atoms with E-state index in [1.807, 2.05) is 13.8 Å². The average molecular weight is 230 g/mol. The normalized spacial score (nSPS) is 13.5. The average Bonchev–Trinajstić information content (AvgIpc) is 1.96. The van der Waals surface area contributed by atoms with Crippen LogP contribution in [0.15, 0.2) is 10.2 Å². The highest BCUT2D eigenvalue weighted by Crippen LogP contribution is 2.19. The Labute approximate surface area is 97.2 Å². The molecule has 0 aliphatic rings. The first-order valence-electron chi connectivity index (χ1n) is 5.35. The predicted octanol–water partition coefficient (Wildman–Crippen LogP) is 2.90. The molecule has 0 spiro atoms. The Morgan fingerprint density at radius 1 is 1.06 bits per heavy atom. The summed E-state index contributed by atoms with van der Waals surface area (Å²) in [5, 5.41) is 8.02. The van der Waals surface area contributed by atoms with Crippen LogP contribution < -0.4 is 0 Å². The molecule has 0 aliphatic heterocycles. The van der Waals surface area contributed by atoms with Crippen LogP contribution in [-0.2, 0) is 14.3 Å². The van der Waals surface area contributed by atoms with E-state index in [2.05, 4.69) is 10.2 Å². The number of carbonyl (C=O) groups excluding carboxylic acids is 1. The van der Waals surface area contributed by atoms with Gasteiger partial charge in [-0.1, -0.05) is 0 Å². The van der Waals surface area contributed by atoms with E-state index >= 15 is 0 Å². The van der Waals surface area contributed by atoms with Gasteiger partial charge in [0, 0.05) is 6.92 Å². The Bertz CT molecular complexity index is 270. The number of rotatable bonds is 5. The molecule has 0 amide bonds. The van der Waals surface area contributed by atoms with E-state index in [1.54, 1.807) is 27.7 Å². The molecule has 0 heterocycles. The molecule has 5 nitrogen and oxygen atoms in total. The molecule has 16 heavy (non-hydrogen) atoms. The van der Waals surface area contributed by atoms with Gasteiger partial charge in [0.25, 0.3) is 0 Å². The monoisotopic (exact) mass is 230 g/mol. The largest absolute Gasteiger partial charge is 0.436 e. The van der Waals surface area contributed by atoms with Crippen molar-refractivity contribution < 1.29 is 14.3 Å². The lowest BCUT2D eigenvalue weighted by molar-refractivity contribution is -0.154. The fourth-order valence-corrected chi connectivity index (χ4v) is 1.21. The van der Waals surface area contributed by atoms with Crippen molar-refractivity contribution in [2.24, 2.45) is 10.2 Å². The van der Waals surface area contributed by atoms with Gasteiger partial charge in [-0.05, 0) is 41.5 Å². The topological polar surface area (TPSA) is 60.2 Å². The summed E-state index contributed by atoms with van der Waals surface area (Å²) < 4.78 is 10.5. The first-order chi connectivity index (χ1) is 7.04. The fourth-order valence-electron chi connectivity index (χ4n) is 1.21. The van der Waals surface area contributed by atoms with Crippen LogP contribution in [0.25, 0.3) is 0 Å². The van der Waals surface area contributed by atoms with Gasteiger partial charge < -0.3 is 9.47 Å². The molecular formula is C11H22N2O3. The van der Waals surface area contributed by atoms with Gasteiger partial charge in [-0.15, -0.1) is 5.11 Å². The molecule has 0 saturated heterocycles. The van der Waals surface area contributed by atoms with E-state index in [0.717, 1.165) is 0 Å². The second kappa shape index (κ2) is 5.39. The van der Waals surface area contributed by atoms with Gasteiger partial charge in [-0.3, -0.25) is 4.79 Å². The van der Waals surface area contributed by atoms with Crippen molar-refractivity contribution in [3.05, 3.63) is 0 Å². The number of hydrogen-bond acceptors (Lipinski definition) is 5. The summed E-state index contributed by atoms with van der Waals surface area (Å²) in [6, 6.07) is 0. The number of nitrogens with zero attached hydrogens (tertiary/aromatic N) is 2. The van der Waals surface area contributed by atoms with Gasteiger partial charge in [-0.25, -0.2) is 0 Å². The summed E-state index contributed by atoms with van der Waals surface area (Å²) in [7, 11) is 0. The third-order valence-corrected chi connectivity index (χ3v) is 1.45. The maximum Gasteiger partial charge on any atom is 0.304 e. The number of hydrogen-bond donors (Lipinski definition) is 0. The molecule has 0 unspecified atom stereocenters. The van der Waals surface area contributed by atoms with E-state index in [4.69, 9.17) is 9.47 Å². The Balaban J connectivity index is 4.50. The van der Waals surface area contributed by atoms with Gasteiger partial charge in [0.2, 0.25) is 5.72 Å². The molecule has 0 atom stereocenters. The zero-order valence-corrected chi connectivity index (χ0v) is 11.2. The lowest BCUT2D eigenvalue weighted by Crippen LogP contribution is -2.28. The van der Waals surface area contributed by atoms with Crippen molar-refractivity contribution in [2.75, 3.05) is 0 Å². The summed E-state index contributed by atoms with van der Waals surface area (Å²) in [6.07, 6.45) is 0.0609. The minimum absolute atomic E-state index is 0.0609. The van der Waals surface area contributed by atoms with Crippen LogP contribution >= 0.6 is 0 Å². The third kappa shape index (κ3) is 7.34. The van der Waals surface area contributed by atoms with Crippen LogP contribution in [0.5, 0.6) is 0 Å². The SMILES string of the molecule is CC(=O)OC(C)(C)N=NC(C)(C)OC(C)C. The third-order valence-electron chi connectivity index (χ3n) is 1.45. The van der Waals surface area contributed by atoms with Crippen LogP contribution in [0.2, 0.25) is 0 Å². The molecular weight excluding hydrogens is 208 g/mol. The van der Waals surface area contributed by atoms with Crippen LogP contribution in [0, 0.1) is 0 Å². The maximum atomic E-state index is 10.8. The minimum atomic E-state index is -0.955. The molecule has 0 bridgehead atoms. The fraction of sp³-hybridized carbons (Fsp3) is 0.909. The summed E-state index contributed by atoms with van der Waals surface area (Å²) >= 11 is 0. The number of azo groups is 1. The summed E-state index contributed by atoms with van der Waals surface area (Å²) in [5.41, 5.74) is -1.67. The molecule has 0 aromatic heterocycles. The standard InChI is InChI=1S/C11H22N2O3/c1-8(2)15-10(4,5)12-13-11(6,7)16-9(3)14/h8H,1-7H3. The van der Waals surface area contributed by atoms with E-state index in [9.17, 15) is 4.79 Å². The molecule has 0 N–H and O–H groups in total. The maximum absolute atomic E-state index is 10.8. The molecule has 0 aliphatic carbocycles. The van der Waals surface area contributed by atoms with Crippen molar-refractivity contribution in [2.45, 2.75) is 66.0 Å². The van der Waals surface area contributed by atoms with E-state index < -0.39 is 11.4 Å². The second-order valence-electron chi connectivity index (χ2n) is 4.85. The van der Waals surface area contributed by atoms with Crippen molar-refractivity contribution in [1.82, 2.24) is 0 Å². The van der Waals surface area contributed by atoms with Crippen LogP contribution in [0.4, 0.5) is 0 Å². The smallest absolute Gasteiger partial charge is 0.304 e. The van der Waals surface area contributed by atoms with Gasteiger partial charge >= 0.3 is 5.97 Å². The highest BCUT2D eigenvalue weighted by atomic mass is 16.6. The van der Waals surface area contributed by atoms with Crippen LogP contribution in [-0.4, -0.2) is 23.5 Å². The van der Waals surface area contributed by atoms with Gasteiger partial charge in [-0.2, -0.15) is 5.11 Å². The quantitative estimate of drug-likeness (QED) is 0.539. The zero-order chi connectivity index (χ0) is 13.0. The van der Waals surface area contributed by atoms with E-state index in [1.165, 1.54) is 6.92 Å². The van der Waals surface area contributed by atoms with E-state index in [-0.39, 0.29) is 12.1 Å². The lowest BCUT2D eigenvalue weighted by atomic mass is 10.3. The van der Waals surface area contributed by atoms with Crippen LogP contribution in [0.1, 0.15) is 48.5 Å².